The summed E-state index contributed by atoms with van der Waals surface area (Å²) in [5.74, 6) is 0.602. The van der Waals surface area contributed by atoms with Crippen molar-refractivity contribution in [1.82, 2.24) is 10.2 Å². The van der Waals surface area contributed by atoms with Crippen molar-refractivity contribution >= 4 is 17.2 Å². The van der Waals surface area contributed by atoms with Crippen LogP contribution in [-0.4, -0.2) is 16.7 Å². The van der Waals surface area contributed by atoms with Crippen LogP contribution in [0, 0.1) is 6.92 Å². The van der Waals surface area contributed by atoms with Gasteiger partial charge in [0.15, 0.2) is 0 Å². The predicted molar refractivity (Wildman–Crippen MR) is 66.9 cm³/mol. The first-order valence-corrected chi connectivity index (χ1v) is 5.36. The van der Waals surface area contributed by atoms with Crippen LogP contribution in [-0.2, 0) is 0 Å². The van der Waals surface area contributed by atoms with E-state index in [0.717, 1.165) is 17.9 Å². The van der Waals surface area contributed by atoms with E-state index in [0.29, 0.717) is 5.82 Å². The first kappa shape index (κ1) is 10.5. The Balaban J connectivity index is 2.45. The molecule has 0 atom stereocenters. The number of para-hydroxylation sites is 1. The van der Waals surface area contributed by atoms with Crippen molar-refractivity contribution < 1.29 is 0 Å². The number of nitrogens with zero attached hydrogens (tertiary/aromatic N) is 2. The maximum absolute atomic E-state index is 5.84. The van der Waals surface area contributed by atoms with Gasteiger partial charge in [0, 0.05) is 12.2 Å². The molecule has 0 aliphatic rings. The minimum atomic E-state index is 0.602. The molecule has 1 heterocycles. The zero-order valence-corrected chi connectivity index (χ0v) is 9.57. The number of aromatic nitrogens is 2. The normalized spacial score (nSPS) is 10.4. The van der Waals surface area contributed by atoms with Crippen molar-refractivity contribution in [2.24, 2.45) is 0 Å². The third kappa shape index (κ3) is 1.74. The Bertz CT molecular complexity index is 475. The highest BCUT2D eigenvalue weighted by molar-refractivity contribution is 5.73. The van der Waals surface area contributed by atoms with Gasteiger partial charge in [0.05, 0.1) is 6.20 Å². The van der Waals surface area contributed by atoms with Gasteiger partial charge in [-0.15, -0.1) is 0 Å². The average Bonchev–Trinajstić information content (AvgIpc) is 2.69. The Morgan fingerprint density at radius 3 is 2.62 bits per heavy atom. The molecule has 0 spiro atoms. The molecule has 1 aromatic heterocycles. The van der Waals surface area contributed by atoms with Crippen molar-refractivity contribution in [2.75, 3.05) is 17.2 Å². The molecule has 0 aliphatic carbocycles. The SMILES string of the molecule is CCN(c1ccccc1C)c1cn[nH]c1N. The highest BCUT2D eigenvalue weighted by Gasteiger charge is 2.13. The first-order valence-electron chi connectivity index (χ1n) is 5.36. The molecule has 0 saturated carbocycles. The number of nitrogen functional groups attached to an aromatic ring is 1. The van der Waals surface area contributed by atoms with Crippen molar-refractivity contribution in [3.8, 4) is 0 Å². The highest BCUT2D eigenvalue weighted by atomic mass is 15.2. The summed E-state index contributed by atoms with van der Waals surface area (Å²) in [5.41, 5.74) is 9.16. The third-order valence-electron chi connectivity index (χ3n) is 2.66. The molecule has 4 nitrogen and oxygen atoms in total. The number of nitrogens with one attached hydrogen (secondary N) is 1. The van der Waals surface area contributed by atoms with E-state index >= 15 is 0 Å². The van der Waals surface area contributed by atoms with Crippen LogP contribution in [0.25, 0.3) is 0 Å². The van der Waals surface area contributed by atoms with Gasteiger partial charge in [-0.2, -0.15) is 5.10 Å². The maximum atomic E-state index is 5.84. The monoisotopic (exact) mass is 216 g/mol. The summed E-state index contributed by atoms with van der Waals surface area (Å²) >= 11 is 0. The molecule has 2 aromatic rings. The standard InChI is InChI=1S/C12H16N4/c1-3-16(11-8-14-15-12(11)13)10-7-5-4-6-9(10)2/h4-8H,3H2,1-2H3,(H3,13,14,15). The molecule has 0 aliphatic heterocycles. The molecule has 0 unspecified atom stereocenters. The highest BCUT2D eigenvalue weighted by Crippen LogP contribution is 2.30. The van der Waals surface area contributed by atoms with E-state index in [4.69, 9.17) is 5.73 Å². The second-order valence-corrected chi connectivity index (χ2v) is 3.70. The molecule has 0 bridgehead atoms. The van der Waals surface area contributed by atoms with Crippen LogP contribution in [0.2, 0.25) is 0 Å². The first-order chi connectivity index (χ1) is 7.74. The molecule has 0 fully saturated rings. The fourth-order valence-corrected chi connectivity index (χ4v) is 1.84. The number of benzene rings is 1. The van der Waals surface area contributed by atoms with Crippen LogP contribution in [0.3, 0.4) is 0 Å². The minimum Gasteiger partial charge on any atom is -0.382 e. The predicted octanol–water partition coefficient (Wildman–Crippen LogP) is 2.46. The second-order valence-electron chi connectivity index (χ2n) is 3.70. The Kier molecular flexibility index (Phi) is 2.81. The average molecular weight is 216 g/mol. The number of H-pyrrole nitrogens is 1. The lowest BCUT2D eigenvalue weighted by Gasteiger charge is -2.23. The Hall–Kier alpha value is -1.97. The largest absolute Gasteiger partial charge is 0.382 e. The fourth-order valence-electron chi connectivity index (χ4n) is 1.84. The zero-order valence-electron chi connectivity index (χ0n) is 9.57. The van der Waals surface area contributed by atoms with Gasteiger partial charge in [-0.25, -0.2) is 0 Å². The van der Waals surface area contributed by atoms with E-state index in [1.54, 1.807) is 6.20 Å². The smallest absolute Gasteiger partial charge is 0.143 e. The minimum absolute atomic E-state index is 0.602. The molecule has 0 radical (unpaired) electrons. The number of aryl methyl sites for hydroxylation is 1. The Labute approximate surface area is 95.1 Å². The summed E-state index contributed by atoms with van der Waals surface area (Å²) in [4.78, 5) is 2.15. The lowest BCUT2D eigenvalue weighted by atomic mass is 10.1. The number of anilines is 3. The van der Waals surface area contributed by atoms with Crippen LogP contribution < -0.4 is 10.6 Å². The van der Waals surface area contributed by atoms with Gasteiger partial charge in [0.1, 0.15) is 11.5 Å². The van der Waals surface area contributed by atoms with Gasteiger partial charge >= 0.3 is 0 Å². The summed E-state index contributed by atoms with van der Waals surface area (Å²) in [5, 5.41) is 6.71. The fraction of sp³-hybridized carbons (Fsp3) is 0.250. The Morgan fingerprint density at radius 1 is 1.31 bits per heavy atom. The van der Waals surface area contributed by atoms with Gasteiger partial charge in [-0.1, -0.05) is 18.2 Å². The van der Waals surface area contributed by atoms with Crippen LogP contribution >= 0.6 is 0 Å². The van der Waals surface area contributed by atoms with E-state index in [2.05, 4.69) is 41.1 Å². The van der Waals surface area contributed by atoms with E-state index in [-0.39, 0.29) is 0 Å². The summed E-state index contributed by atoms with van der Waals surface area (Å²) < 4.78 is 0. The number of hydrogen-bond acceptors (Lipinski definition) is 3. The lowest BCUT2D eigenvalue weighted by Crippen LogP contribution is -2.17. The zero-order chi connectivity index (χ0) is 11.5. The van der Waals surface area contributed by atoms with E-state index < -0.39 is 0 Å². The van der Waals surface area contributed by atoms with Crippen LogP contribution in [0.4, 0.5) is 17.2 Å². The van der Waals surface area contributed by atoms with Crippen molar-refractivity contribution in [1.29, 1.82) is 0 Å². The third-order valence-corrected chi connectivity index (χ3v) is 2.66. The molecule has 84 valence electrons. The van der Waals surface area contributed by atoms with Gasteiger partial charge in [-0.05, 0) is 25.5 Å². The molecule has 2 rings (SSSR count). The number of nitrogens with two attached hydrogens (primary N) is 1. The van der Waals surface area contributed by atoms with Crippen LogP contribution in [0.15, 0.2) is 30.5 Å². The van der Waals surface area contributed by atoms with Crippen molar-refractivity contribution in [3.05, 3.63) is 36.0 Å². The van der Waals surface area contributed by atoms with Crippen molar-refractivity contribution in [2.45, 2.75) is 13.8 Å². The number of rotatable bonds is 3. The lowest BCUT2D eigenvalue weighted by molar-refractivity contribution is 1.02. The number of hydrogen-bond donors (Lipinski definition) is 2. The number of aromatic amines is 1. The Morgan fingerprint density at radius 2 is 2.06 bits per heavy atom. The molecule has 1 aromatic carbocycles. The van der Waals surface area contributed by atoms with Crippen LogP contribution in [0.5, 0.6) is 0 Å². The van der Waals surface area contributed by atoms with Gasteiger partial charge in [-0.3, -0.25) is 5.10 Å². The summed E-state index contributed by atoms with van der Waals surface area (Å²) in [6.07, 6.45) is 1.76. The van der Waals surface area contributed by atoms with Gasteiger partial charge in [0.25, 0.3) is 0 Å². The second kappa shape index (κ2) is 4.26. The molecule has 4 heteroatoms. The summed E-state index contributed by atoms with van der Waals surface area (Å²) in [6.45, 7) is 5.04. The van der Waals surface area contributed by atoms with Crippen molar-refractivity contribution in [3.63, 3.8) is 0 Å². The van der Waals surface area contributed by atoms with Crippen LogP contribution in [0.1, 0.15) is 12.5 Å². The van der Waals surface area contributed by atoms with E-state index in [1.165, 1.54) is 5.56 Å². The topological polar surface area (TPSA) is 57.9 Å². The van der Waals surface area contributed by atoms with Gasteiger partial charge in [0.2, 0.25) is 0 Å². The maximum Gasteiger partial charge on any atom is 0.143 e. The molecule has 16 heavy (non-hydrogen) atoms. The van der Waals surface area contributed by atoms with E-state index in [1.807, 2.05) is 12.1 Å². The summed E-state index contributed by atoms with van der Waals surface area (Å²) in [6, 6.07) is 8.24. The van der Waals surface area contributed by atoms with Gasteiger partial charge < -0.3 is 10.6 Å². The van der Waals surface area contributed by atoms with E-state index in [9.17, 15) is 0 Å². The molecule has 3 N–H and O–H groups in total. The molecule has 0 saturated heterocycles. The molecular formula is C12H16N4. The quantitative estimate of drug-likeness (QED) is 0.828. The molecular weight excluding hydrogens is 200 g/mol. The molecule has 0 amide bonds. The summed E-state index contributed by atoms with van der Waals surface area (Å²) in [7, 11) is 0.